The summed E-state index contributed by atoms with van der Waals surface area (Å²) in [5.41, 5.74) is 2.11. The van der Waals surface area contributed by atoms with E-state index in [9.17, 15) is 14.7 Å². The van der Waals surface area contributed by atoms with Gasteiger partial charge >= 0.3 is 5.97 Å². The van der Waals surface area contributed by atoms with E-state index in [1.54, 1.807) is 24.3 Å². The zero-order valence-corrected chi connectivity index (χ0v) is 21.3. The summed E-state index contributed by atoms with van der Waals surface area (Å²) in [6.45, 7) is 2.46. The minimum Gasteiger partial charge on any atom is -0.492 e. The highest BCUT2D eigenvalue weighted by atomic mass is 32.1. The smallest absolute Gasteiger partial charge is 0.356 e. The molecule has 3 aromatic rings. The Hall–Kier alpha value is -4.06. The summed E-state index contributed by atoms with van der Waals surface area (Å²) in [4.78, 5) is 35.2. The Morgan fingerprint density at radius 3 is 2.76 bits per heavy atom. The predicted octanol–water partition coefficient (Wildman–Crippen LogP) is 3.48. The summed E-state index contributed by atoms with van der Waals surface area (Å²) in [6.07, 6.45) is 5.60. The number of esters is 1. The Bertz CT molecular complexity index is 1350. The first kappa shape index (κ1) is 24.6. The number of nitrogens with zero attached hydrogens (tertiary/aromatic N) is 4. The average molecular weight is 522 g/mol. The van der Waals surface area contributed by atoms with Gasteiger partial charge in [-0.05, 0) is 61.0 Å². The second-order valence-corrected chi connectivity index (χ2v) is 10.0. The van der Waals surface area contributed by atoms with Crippen molar-refractivity contribution in [1.29, 1.82) is 5.41 Å². The van der Waals surface area contributed by atoms with Crippen LogP contribution in [0.3, 0.4) is 0 Å². The minimum absolute atomic E-state index is 0.105. The van der Waals surface area contributed by atoms with Crippen LogP contribution in [0, 0.1) is 11.3 Å². The number of aromatic nitrogens is 3. The largest absolute Gasteiger partial charge is 0.492 e. The summed E-state index contributed by atoms with van der Waals surface area (Å²) in [5.74, 6) is 0.150. The van der Waals surface area contributed by atoms with Crippen LogP contribution >= 0.6 is 11.5 Å². The quantitative estimate of drug-likeness (QED) is 0.198. The molecule has 1 amide bonds. The van der Waals surface area contributed by atoms with Crippen LogP contribution in [0.4, 0.5) is 16.5 Å². The lowest BCUT2D eigenvalue weighted by Crippen LogP contribution is -2.33. The second kappa shape index (κ2) is 10.1. The van der Waals surface area contributed by atoms with Crippen molar-refractivity contribution in [2.75, 3.05) is 23.9 Å². The van der Waals surface area contributed by atoms with Gasteiger partial charge in [-0.1, -0.05) is 18.9 Å². The Morgan fingerprint density at radius 1 is 1.27 bits per heavy atom. The average Bonchev–Trinajstić information content (AvgIpc) is 3.48. The van der Waals surface area contributed by atoms with Gasteiger partial charge in [0, 0.05) is 12.6 Å². The Morgan fingerprint density at radius 2 is 2.05 bits per heavy atom. The van der Waals surface area contributed by atoms with Crippen LogP contribution < -0.4 is 15.5 Å². The molecule has 0 saturated heterocycles. The van der Waals surface area contributed by atoms with Gasteiger partial charge < -0.3 is 20.5 Å². The molecule has 0 radical (unpaired) electrons. The highest BCUT2D eigenvalue weighted by molar-refractivity contribution is 7.11. The molecule has 37 heavy (non-hydrogen) atoms. The molecule has 0 aromatic carbocycles. The van der Waals surface area contributed by atoms with Gasteiger partial charge in [-0.25, -0.2) is 14.8 Å². The SMILES string of the molecule is COC(=O)c1ccc2c(n1)N(C(=O)c1ccc(Nc3snc(O)c3C(=N)NC(C)CC3CC3)cn1)CC2. The number of hydrogen-bond donors (Lipinski definition) is 4. The van der Waals surface area contributed by atoms with Crippen molar-refractivity contribution >= 4 is 45.8 Å². The number of carbonyl (C=O) groups excluding carboxylic acids is 2. The fourth-order valence-electron chi connectivity index (χ4n) is 4.35. The van der Waals surface area contributed by atoms with Crippen molar-refractivity contribution in [3.63, 3.8) is 0 Å². The van der Waals surface area contributed by atoms with E-state index in [0.717, 1.165) is 23.5 Å². The molecule has 11 nitrogen and oxygen atoms in total. The molecule has 1 saturated carbocycles. The fourth-order valence-corrected chi connectivity index (χ4v) is 5.06. The van der Waals surface area contributed by atoms with E-state index >= 15 is 0 Å². The number of ether oxygens (including phenoxy) is 1. The molecule has 1 unspecified atom stereocenters. The van der Waals surface area contributed by atoms with Gasteiger partial charge in [0.15, 0.2) is 5.69 Å². The third-order valence-electron chi connectivity index (χ3n) is 6.40. The van der Waals surface area contributed by atoms with Crippen LogP contribution in [0.2, 0.25) is 0 Å². The topological polar surface area (TPSA) is 153 Å². The normalized spacial score (nSPS) is 15.1. The van der Waals surface area contributed by atoms with E-state index in [-0.39, 0.29) is 35.1 Å². The first-order chi connectivity index (χ1) is 17.8. The molecule has 1 fully saturated rings. The molecule has 4 N–H and O–H groups in total. The van der Waals surface area contributed by atoms with Gasteiger partial charge in [-0.3, -0.25) is 15.1 Å². The number of rotatable bonds is 8. The molecule has 12 heteroatoms. The lowest BCUT2D eigenvalue weighted by Gasteiger charge is -2.17. The zero-order chi connectivity index (χ0) is 26.1. The molecule has 3 aromatic heterocycles. The summed E-state index contributed by atoms with van der Waals surface area (Å²) in [5, 5.41) is 25.5. The van der Waals surface area contributed by atoms with Gasteiger partial charge in [0.2, 0.25) is 5.88 Å². The lowest BCUT2D eigenvalue weighted by atomic mass is 10.1. The maximum Gasteiger partial charge on any atom is 0.356 e. The van der Waals surface area contributed by atoms with Crippen molar-refractivity contribution in [3.05, 3.63) is 53.0 Å². The van der Waals surface area contributed by atoms with E-state index in [2.05, 4.69) is 25.0 Å². The first-order valence-electron chi connectivity index (χ1n) is 12.0. The Labute approximate surface area is 217 Å². The van der Waals surface area contributed by atoms with Crippen LogP contribution in [0.1, 0.15) is 58.3 Å². The maximum absolute atomic E-state index is 13.2. The number of hydrogen-bond acceptors (Lipinski definition) is 10. The predicted molar refractivity (Wildman–Crippen MR) is 139 cm³/mol. The molecular weight excluding hydrogens is 494 g/mol. The Balaban J connectivity index is 1.28. The number of anilines is 3. The van der Waals surface area contributed by atoms with E-state index in [1.807, 2.05) is 6.92 Å². The number of methoxy groups -OCH3 is 1. The van der Waals surface area contributed by atoms with Gasteiger partial charge in [0.25, 0.3) is 5.91 Å². The first-order valence-corrected chi connectivity index (χ1v) is 12.8. The van der Waals surface area contributed by atoms with Gasteiger partial charge in [-0.2, -0.15) is 4.37 Å². The fraction of sp³-hybridized carbons (Fsp3) is 0.360. The van der Waals surface area contributed by atoms with Gasteiger partial charge in [-0.15, -0.1) is 0 Å². The van der Waals surface area contributed by atoms with Crippen LogP contribution in [-0.2, 0) is 11.2 Å². The number of carbonyl (C=O) groups is 2. The third kappa shape index (κ3) is 5.24. The van der Waals surface area contributed by atoms with Crippen LogP contribution in [-0.4, -0.2) is 56.9 Å². The molecule has 1 aliphatic heterocycles. The molecule has 4 heterocycles. The van der Waals surface area contributed by atoms with E-state index in [1.165, 1.54) is 31.0 Å². The van der Waals surface area contributed by atoms with Crippen molar-refractivity contribution in [2.45, 2.75) is 38.6 Å². The summed E-state index contributed by atoms with van der Waals surface area (Å²) < 4.78 is 8.73. The number of nitrogens with one attached hydrogen (secondary N) is 3. The van der Waals surface area contributed by atoms with Crippen molar-refractivity contribution in [1.82, 2.24) is 19.7 Å². The monoisotopic (exact) mass is 521 g/mol. The molecule has 5 rings (SSSR count). The molecular formula is C25H27N7O4S. The van der Waals surface area contributed by atoms with E-state index in [0.29, 0.717) is 41.0 Å². The van der Waals surface area contributed by atoms with Crippen LogP contribution in [0.25, 0.3) is 0 Å². The summed E-state index contributed by atoms with van der Waals surface area (Å²) >= 11 is 1.04. The number of amidine groups is 1. The minimum atomic E-state index is -0.565. The molecule has 0 bridgehead atoms. The highest BCUT2D eigenvalue weighted by Crippen LogP contribution is 2.35. The summed E-state index contributed by atoms with van der Waals surface area (Å²) in [7, 11) is 1.28. The van der Waals surface area contributed by atoms with Crippen molar-refractivity contribution < 1.29 is 19.4 Å². The molecule has 2 aliphatic rings. The molecule has 1 atom stereocenters. The van der Waals surface area contributed by atoms with E-state index in [4.69, 9.17) is 10.1 Å². The summed E-state index contributed by atoms with van der Waals surface area (Å²) in [6, 6.07) is 6.78. The second-order valence-electron chi connectivity index (χ2n) is 9.24. The van der Waals surface area contributed by atoms with Crippen molar-refractivity contribution in [2.24, 2.45) is 5.92 Å². The van der Waals surface area contributed by atoms with Crippen molar-refractivity contribution in [3.8, 4) is 5.88 Å². The maximum atomic E-state index is 13.2. The third-order valence-corrected chi connectivity index (χ3v) is 7.15. The number of aromatic hydroxyl groups is 1. The van der Waals surface area contributed by atoms with Gasteiger partial charge in [0.05, 0.1) is 19.0 Å². The highest BCUT2D eigenvalue weighted by Gasteiger charge is 2.29. The molecule has 192 valence electrons. The van der Waals surface area contributed by atoms with Gasteiger partial charge in [0.1, 0.15) is 27.9 Å². The standard InChI is InChI=1S/C25H27N7O4S/c1-13(11-14-3-4-14)28-20(26)19-22(33)31-37-23(19)29-16-6-8-17(27-12-16)24(34)32-10-9-15-5-7-18(25(35)36-2)30-21(15)32/h5-8,12-14,29H,3-4,9-11H2,1-2H3,(H2,26,28)(H,31,33). The Kier molecular flexibility index (Phi) is 6.74. The van der Waals surface area contributed by atoms with Crippen LogP contribution in [0.5, 0.6) is 5.88 Å². The van der Waals surface area contributed by atoms with E-state index < -0.39 is 5.97 Å². The number of fused-ring (bicyclic) bond motifs is 1. The number of pyridine rings is 2. The lowest BCUT2D eigenvalue weighted by molar-refractivity contribution is 0.0593. The zero-order valence-electron chi connectivity index (χ0n) is 20.4. The number of amides is 1. The molecule has 1 aliphatic carbocycles. The van der Waals surface area contributed by atoms with Crippen LogP contribution in [0.15, 0.2) is 30.5 Å². The molecule has 0 spiro atoms.